The van der Waals surface area contributed by atoms with E-state index in [9.17, 15) is 0 Å². The van der Waals surface area contributed by atoms with Crippen molar-refractivity contribution in [2.75, 3.05) is 12.9 Å². The van der Waals surface area contributed by atoms with Gasteiger partial charge in [0.05, 0.1) is 7.11 Å². The summed E-state index contributed by atoms with van der Waals surface area (Å²) in [5, 5.41) is 0. The minimum Gasteiger partial charge on any atom is -0.496 e. The van der Waals surface area contributed by atoms with Gasteiger partial charge in [0.15, 0.2) is 0 Å². The summed E-state index contributed by atoms with van der Waals surface area (Å²) in [6, 6.07) is 6.39. The number of rotatable bonds is 6. The normalized spacial score (nSPS) is 16.1. The van der Waals surface area contributed by atoms with Crippen molar-refractivity contribution >= 4 is 11.8 Å². The fraction of sp³-hybridized carbons (Fsp3) is 0.600. The Kier molecular flexibility index (Phi) is 5.39. The maximum atomic E-state index is 5.67. The Labute approximate surface area is 114 Å². The summed E-state index contributed by atoms with van der Waals surface area (Å²) in [5.41, 5.74) is 8.10. The molecule has 0 aliphatic heterocycles. The highest BCUT2D eigenvalue weighted by Gasteiger charge is 2.14. The molecule has 0 radical (unpaired) electrons. The van der Waals surface area contributed by atoms with Crippen LogP contribution in [0.2, 0.25) is 0 Å². The largest absolute Gasteiger partial charge is 0.496 e. The van der Waals surface area contributed by atoms with Crippen LogP contribution in [-0.2, 0) is 12.3 Å². The predicted octanol–water partition coefficient (Wildman–Crippen LogP) is 3.58. The van der Waals surface area contributed by atoms with E-state index in [-0.39, 0.29) is 0 Å². The average molecular weight is 265 g/mol. The first-order valence-corrected chi connectivity index (χ1v) is 7.92. The number of nitrogens with two attached hydrogens (primary N) is 1. The Bertz CT molecular complexity index is 375. The van der Waals surface area contributed by atoms with Crippen LogP contribution >= 0.6 is 11.8 Å². The van der Waals surface area contributed by atoms with Crippen LogP contribution in [0.1, 0.15) is 36.8 Å². The highest BCUT2D eigenvalue weighted by molar-refractivity contribution is 7.98. The van der Waals surface area contributed by atoms with Crippen LogP contribution < -0.4 is 10.5 Å². The third-order valence-electron chi connectivity index (χ3n) is 3.67. The van der Waals surface area contributed by atoms with Crippen LogP contribution in [0, 0.1) is 5.92 Å². The number of ether oxygens (including phenoxy) is 1. The maximum absolute atomic E-state index is 5.67. The SMILES string of the molecule is COc1cc(CSCC2CCCC2)ccc1CN. The molecule has 1 aliphatic carbocycles. The zero-order valence-corrected chi connectivity index (χ0v) is 12.0. The molecule has 0 heterocycles. The molecule has 1 aromatic rings. The Morgan fingerprint density at radius 3 is 2.78 bits per heavy atom. The smallest absolute Gasteiger partial charge is 0.123 e. The van der Waals surface area contributed by atoms with E-state index in [0.717, 1.165) is 23.0 Å². The number of hydrogen-bond donors (Lipinski definition) is 1. The first-order chi connectivity index (χ1) is 8.83. The highest BCUT2D eigenvalue weighted by atomic mass is 32.2. The second-order valence-corrected chi connectivity index (χ2v) is 6.05. The second kappa shape index (κ2) is 7.05. The molecule has 18 heavy (non-hydrogen) atoms. The molecule has 100 valence electrons. The third kappa shape index (κ3) is 3.66. The summed E-state index contributed by atoms with van der Waals surface area (Å²) in [4.78, 5) is 0. The van der Waals surface area contributed by atoms with Gasteiger partial charge in [-0.1, -0.05) is 25.0 Å². The lowest BCUT2D eigenvalue weighted by Gasteiger charge is -2.11. The second-order valence-electron chi connectivity index (χ2n) is 5.02. The molecule has 0 atom stereocenters. The quantitative estimate of drug-likeness (QED) is 0.854. The van der Waals surface area contributed by atoms with Crippen molar-refractivity contribution < 1.29 is 4.74 Å². The average Bonchev–Trinajstić information content (AvgIpc) is 2.91. The summed E-state index contributed by atoms with van der Waals surface area (Å²) in [6.07, 6.45) is 5.74. The van der Waals surface area contributed by atoms with Gasteiger partial charge >= 0.3 is 0 Å². The van der Waals surface area contributed by atoms with Crippen molar-refractivity contribution in [3.63, 3.8) is 0 Å². The van der Waals surface area contributed by atoms with Crippen molar-refractivity contribution in [3.05, 3.63) is 29.3 Å². The molecule has 0 saturated heterocycles. The van der Waals surface area contributed by atoms with Gasteiger partial charge in [-0.25, -0.2) is 0 Å². The lowest BCUT2D eigenvalue weighted by atomic mass is 10.1. The van der Waals surface area contributed by atoms with Crippen molar-refractivity contribution in [2.45, 2.75) is 38.0 Å². The summed E-state index contributed by atoms with van der Waals surface area (Å²) in [7, 11) is 1.71. The number of thioether (sulfide) groups is 1. The zero-order valence-electron chi connectivity index (χ0n) is 11.2. The van der Waals surface area contributed by atoms with Gasteiger partial charge in [-0.2, -0.15) is 11.8 Å². The van der Waals surface area contributed by atoms with Crippen molar-refractivity contribution in [1.82, 2.24) is 0 Å². The molecule has 1 aromatic carbocycles. The van der Waals surface area contributed by atoms with Crippen LogP contribution in [-0.4, -0.2) is 12.9 Å². The van der Waals surface area contributed by atoms with Crippen LogP contribution in [0.5, 0.6) is 5.75 Å². The number of hydrogen-bond acceptors (Lipinski definition) is 3. The first-order valence-electron chi connectivity index (χ1n) is 6.77. The zero-order chi connectivity index (χ0) is 12.8. The van der Waals surface area contributed by atoms with E-state index in [1.54, 1.807) is 7.11 Å². The molecule has 2 N–H and O–H groups in total. The van der Waals surface area contributed by atoms with Crippen LogP contribution in [0.25, 0.3) is 0 Å². The minimum absolute atomic E-state index is 0.540. The van der Waals surface area contributed by atoms with E-state index in [1.807, 2.05) is 11.8 Å². The van der Waals surface area contributed by atoms with Crippen LogP contribution in [0.3, 0.4) is 0 Å². The lowest BCUT2D eigenvalue weighted by Crippen LogP contribution is -2.01. The molecule has 0 unspecified atom stereocenters. The maximum Gasteiger partial charge on any atom is 0.123 e. The van der Waals surface area contributed by atoms with Gasteiger partial charge in [0, 0.05) is 17.9 Å². The van der Waals surface area contributed by atoms with Crippen molar-refractivity contribution in [2.24, 2.45) is 11.7 Å². The molecular weight excluding hydrogens is 242 g/mol. The Balaban J connectivity index is 1.84. The molecule has 0 spiro atoms. The fourth-order valence-corrected chi connectivity index (χ4v) is 3.77. The topological polar surface area (TPSA) is 35.2 Å². The fourth-order valence-electron chi connectivity index (χ4n) is 2.57. The highest BCUT2D eigenvalue weighted by Crippen LogP contribution is 2.29. The molecule has 0 amide bonds. The van der Waals surface area contributed by atoms with Crippen molar-refractivity contribution in [3.8, 4) is 5.75 Å². The van der Waals surface area contributed by atoms with E-state index in [0.29, 0.717) is 6.54 Å². The van der Waals surface area contributed by atoms with Gasteiger partial charge in [-0.05, 0) is 36.1 Å². The van der Waals surface area contributed by atoms with Crippen molar-refractivity contribution in [1.29, 1.82) is 0 Å². The van der Waals surface area contributed by atoms with Gasteiger partial charge in [-0.3, -0.25) is 0 Å². The monoisotopic (exact) mass is 265 g/mol. The van der Waals surface area contributed by atoms with E-state index in [2.05, 4.69) is 18.2 Å². The van der Waals surface area contributed by atoms with Crippen LogP contribution in [0.15, 0.2) is 18.2 Å². The minimum atomic E-state index is 0.540. The molecular formula is C15H23NOS. The molecule has 3 heteroatoms. The van der Waals surface area contributed by atoms with Gasteiger partial charge in [0.25, 0.3) is 0 Å². The van der Waals surface area contributed by atoms with Gasteiger partial charge in [-0.15, -0.1) is 0 Å². The molecule has 0 bridgehead atoms. The van der Waals surface area contributed by atoms with Gasteiger partial charge in [0.1, 0.15) is 5.75 Å². The predicted molar refractivity (Wildman–Crippen MR) is 79.0 cm³/mol. The number of benzene rings is 1. The van der Waals surface area contributed by atoms with E-state index >= 15 is 0 Å². The van der Waals surface area contributed by atoms with Crippen LogP contribution in [0.4, 0.5) is 0 Å². The van der Waals surface area contributed by atoms with Gasteiger partial charge < -0.3 is 10.5 Å². The first kappa shape index (κ1) is 13.8. The van der Waals surface area contributed by atoms with E-state index in [4.69, 9.17) is 10.5 Å². The summed E-state index contributed by atoms with van der Waals surface area (Å²) in [6.45, 7) is 0.540. The molecule has 0 aromatic heterocycles. The van der Waals surface area contributed by atoms with E-state index < -0.39 is 0 Å². The number of methoxy groups -OCH3 is 1. The molecule has 2 nitrogen and oxygen atoms in total. The van der Waals surface area contributed by atoms with Gasteiger partial charge in [0.2, 0.25) is 0 Å². The third-order valence-corrected chi connectivity index (χ3v) is 4.91. The van der Waals surface area contributed by atoms with E-state index in [1.165, 1.54) is 37.0 Å². The summed E-state index contributed by atoms with van der Waals surface area (Å²) in [5.74, 6) is 4.27. The lowest BCUT2D eigenvalue weighted by molar-refractivity contribution is 0.409. The Hall–Kier alpha value is -0.670. The summed E-state index contributed by atoms with van der Waals surface area (Å²) < 4.78 is 5.37. The molecule has 1 fully saturated rings. The molecule has 1 saturated carbocycles. The standard InChI is InChI=1S/C15H23NOS/c1-17-15-8-13(6-7-14(15)9-16)11-18-10-12-4-2-3-5-12/h6-8,12H,2-5,9-11,16H2,1H3. The summed E-state index contributed by atoms with van der Waals surface area (Å²) >= 11 is 2.05. The Morgan fingerprint density at radius 1 is 1.33 bits per heavy atom. The molecule has 2 rings (SSSR count). The Morgan fingerprint density at radius 2 is 2.11 bits per heavy atom. The molecule has 1 aliphatic rings.